The van der Waals surface area contributed by atoms with Gasteiger partial charge in [0, 0.05) is 24.8 Å². The Balaban J connectivity index is 1.44. The Kier molecular flexibility index (Phi) is 3.74. The smallest absolute Gasteiger partial charge is 0.198 e. The molecule has 3 nitrogen and oxygen atoms in total. The molecular formula is C26H26N2O. The lowest BCUT2D eigenvalue weighted by Gasteiger charge is -2.50. The van der Waals surface area contributed by atoms with Gasteiger partial charge in [0.25, 0.3) is 0 Å². The molecule has 1 saturated carbocycles. The molecular weight excluding hydrogens is 356 g/mol. The highest BCUT2D eigenvalue weighted by Gasteiger charge is 2.51. The Hall–Kier alpha value is -2.81. The van der Waals surface area contributed by atoms with Gasteiger partial charge in [-0.15, -0.1) is 0 Å². The second kappa shape index (κ2) is 6.35. The van der Waals surface area contributed by atoms with E-state index in [1.807, 2.05) is 0 Å². The molecule has 0 N–H and O–H groups in total. The third-order valence-electron chi connectivity index (χ3n) is 7.04. The molecule has 3 aromatic carbocycles. The average Bonchev–Trinajstić information content (AvgIpc) is 3.22. The predicted molar refractivity (Wildman–Crippen MR) is 117 cm³/mol. The number of fused-ring (bicyclic) bond motifs is 5. The van der Waals surface area contributed by atoms with Gasteiger partial charge < -0.3 is 4.74 Å². The maximum atomic E-state index is 6.70. The molecule has 29 heavy (non-hydrogen) atoms. The summed E-state index contributed by atoms with van der Waals surface area (Å²) in [6.45, 7) is 2.36. The van der Waals surface area contributed by atoms with Gasteiger partial charge in [-0.1, -0.05) is 61.5 Å². The monoisotopic (exact) mass is 382 g/mol. The van der Waals surface area contributed by atoms with E-state index in [4.69, 9.17) is 9.84 Å². The van der Waals surface area contributed by atoms with Gasteiger partial charge in [-0.2, -0.15) is 5.10 Å². The standard InChI is InChI=1S/C26H26N2O/c1-18-12-14-26(15-13-18)28-24(22-8-4-5-9-25(22)29-26)17-23(27-28)21-11-10-19-6-2-3-7-20(19)16-21/h2-11,16,18,24H,12-15,17H2,1H3/t18?,24-,26?/m1/s1. The lowest BCUT2D eigenvalue weighted by molar-refractivity contribution is -0.145. The second-order valence-electron chi connectivity index (χ2n) is 8.94. The fraction of sp³-hybridized carbons (Fsp3) is 0.346. The molecule has 0 amide bonds. The van der Waals surface area contributed by atoms with Gasteiger partial charge in [0.15, 0.2) is 5.72 Å². The average molecular weight is 383 g/mol. The van der Waals surface area contributed by atoms with E-state index >= 15 is 0 Å². The molecule has 0 bridgehead atoms. The molecule has 0 radical (unpaired) electrons. The SMILES string of the molecule is CC1CCC2(CC1)Oc1ccccc1[C@H]1CC(c3ccc4ccccc4c3)=NN12. The summed E-state index contributed by atoms with van der Waals surface area (Å²) in [7, 11) is 0. The Morgan fingerprint density at radius 1 is 0.931 bits per heavy atom. The number of ether oxygens (including phenoxy) is 1. The Bertz CT molecular complexity index is 1110. The molecule has 0 saturated heterocycles. The molecule has 1 aliphatic carbocycles. The van der Waals surface area contributed by atoms with Crippen molar-refractivity contribution >= 4 is 16.5 Å². The van der Waals surface area contributed by atoms with E-state index in [9.17, 15) is 0 Å². The lowest BCUT2D eigenvalue weighted by Crippen LogP contribution is -2.55. The van der Waals surface area contributed by atoms with E-state index in [0.29, 0.717) is 0 Å². The summed E-state index contributed by atoms with van der Waals surface area (Å²) in [6, 6.07) is 24.1. The fourth-order valence-electron chi connectivity index (χ4n) is 5.32. The third-order valence-corrected chi connectivity index (χ3v) is 7.04. The molecule has 2 heterocycles. The first kappa shape index (κ1) is 17.1. The number of hydrogen-bond acceptors (Lipinski definition) is 3. The summed E-state index contributed by atoms with van der Waals surface area (Å²) in [5, 5.41) is 10.1. The second-order valence-corrected chi connectivity index (χ2v) is 8.94. The minimum atomic E-state index is -0.288. The minimum Gasteiger partial charge on any atom is -0.466 e. The van der Waals surface area contributed by atoms with Crippen LogP contribution in [0.4, 0.5) is 0 Å². The lowest BCUT2D eigenvalue weighted by atomic mass is 9.82. The molecule has 2 aliphatic heterocycles. The topological polar surface area (TPSA) is 24.8 Å². The van der Waals surface area contributed by atoms with Crippen LogP contribution in [0.25, 0.3) is 10.8 Å². The summed E-state index contributed by atoms with van der Waals surface area (Å²) in [4.78, 5) is 0. The van der Waals surface area contributed by atoms with E-state index in [1.165, 1.54) is 40.5 Å². The van der Waals surface area contributed by atoms with Gasteiger partial charge in [-0.05, 0) is 47.2 Å². The Morgan fingerprint density at radius 2 is 1.69 bits per heavy atom. The van der Waals surface area contributed by atoms with Crippen LogP contribution < -0.4 is 4.74 Å². The number of hydrogen-bond donors (Lipinski definition) is 0. The number of hydrazone groups is 1. The summed E-state index contributed by atoms with van der Waals surface area (Å²) in [5.74, 6) is 1.82. The van der Waals surface area contributed by atoms with Crippen molar-refractivity contribution in [1.82, 2.24) is 5.01 Å². The van der Waals surface area contributed by atoms with Crippen molar-refractivity contribution in [3.05, 3.63) is 77.9 Å². The van der Waals surface area contributed by atoms with Crippen molar-refractivity contribution < 1.29 is 4.74 Å². The molecule has 1 spiro atoms. The summed E-state index contributed by atoms with van der Waals surface area (Å²) in [6.07, 6.45) is 5.44. The van der Waals surface area contributed by atoms with E-state index in [1.54, 1.807) is 0 Å². The van der Waals surface area contributed by atoms with Crippen LogP contribution in [-0.4, -0.2) is 16.4 Å². The van der Waals surface area contributed by atoms with Crippen LogP contribution in [0.15, 0.2) is 71.8 Å². The van der Waals surface area contributed by atoms with Crippen LogP contribution in [0.1, 0.15) is 56.2 Å². The number of para-hydroxylation sites is 1. The van der Waals surface area contributed by atoms with Crippen molar-refractivity contribution in [3.63, 3.8) is 0 Å². The van der Waals surface area contributed by atoms with Gasteiger partial charge in [-0.25, -0.2) is 5.01 Å². The first-order chi connectivity index (χ1) is 14.2. The molecule has 1 atom stereocenters. The Labute approximate surface area is 172 Å². The zero-order chi connectivity index (χ0) is 19.4. The molecule has 1 fully saturated rings. The van der Waals surface area contributed by atoms with Crippen LogP contribution in [0.3, 0.4) is 0 Å². The van der Waals surface area contributed by atoms with Crippen LogP contribution in [-0.2, 0) is 0 Å². The van der Waals surface area contributed by atoms with Crippen molar-refractivity contribution in [2.75, 3.05) is 0 Å². The zero-order valence-electron chi connectivity index (χ0n) is 16.8. The maximum absolute atomic E-state index is 6.70. The van der Waals surface area contributed by atoms with Crippen molar-refractivity contribution in [1.29, 1.82) is 0 Å². The number of benzene rings is 3. The predicted octanol–water partition coefficient (Wildman–Crippen LogP) is 6.29. The van der Waals surface area contributed by atoms with Gasteiger partial charge >= 0.3 is 0 Å². The minimum absolute atomic E-state index is 0.273. The molecule has 3 heteroatoms. The highest BCUT2D eigenvalue weighted by molar-refractivity contribution is 6.04. The van der Waals surface area contributed by atoms with E-state index in [2.05, 4.69) is 78.7 Å². The van der Waals surface area contributed by atoms with Gasteiger partial charge in [-0.3, -0.25) is 0 Å². The molecule has 0 unspecified atom stereocenters. The summed E-state index contributed by atoms with van der Waals surface area (Å²) in [5.41, 5.74) is 3.40. The van der Waals surface area contributed by atoms with E-state index in [0.717, 1.165) is 30.9 Å². The van der Waals surface area contributed by atoms with Crippen LogP contribution in [0.5, 0.6) is 5.75 Å². The highest BCUT2D eigenvalue weighted by atomic mass is 16.5. The van der Waals surface area contributed by atoms with Crippen molar-refractivity contribution in [3.8, 4) is 5.75 Å². The molecule has 146 valence electrons. The molecule has 6 rings (SSSR count). The van der Waals surface area contributed by atoms with Gasteiger partial charge in [0.05, 0.1) is 11.8 Å². The van der Waals surface area contributed by atoms with E-state index in [-0.39, 0.29) is 11.8 Å². The molecule has 0 aromatic heterocycles. The molecule has 3 aromatic rings. The summed E-state index contributed by atoms with van der Waals surface area (Å²) < 4.78 is 6.70. The largest absolute Gasteiger partial charge is 0.466 e. The maximum Gasteiger partial charge on any atom is 0.198 e. The van der Waals surface area contributed by atoms with Crippen molar-refractivity contribution in [2.45, 2.75) is 50.8 Å². The van der Waals surface area contributed by atoms with Crippen molar-refractivity contribution in [2.24, 2.45) is 11.0 Å². The van der Waals surface area contributed by atoms with E-state index < -0.39 is 0 Å². The third kappa shape index (κ3) is 2.67. The Morgan fingerprint density at radius 3 is 2.55 bits per heavy atom. The summed E-state index contributed by atoms with van der Waals surface area (Å²) >= 11 is 0. The fourth-order valence-corrected chi connectivity index (χ4v) is 5.32. The van der Waals surface area contributed by atoms with Crippen LogP contribution in [0.2, 0.25) is 0 Å². The quantitative estimate of drug-likeness (QED) is 0.494. The first-order valence-corrected chi connectivity index (χ1v) is 10.9. The highest BCUT2D eigenvalue weighted by Crippen LogP contribution is 2.51. The number of nitrogens with zero attached hydrogens (tertiary/aromatic N) is 2. The number of rotatable bonds is 1. The molecule has 3 aliphatic rings. The normalized spacial score (nSPS) is 28.0. The van der Waals surface area contributed by atoms with Gasteiger partial charge in [0.1, 0.15) is 5.75 Å². The first-order valence-electron chi connectivity index (χ1n) is 10.9. The van der Waals surface area contributed by atoms with Gasteiger partial charge in [0.2, 0.25) is 0 Å². The zero-order valence-corrected chi connectivity index (χ0v) is 16.8. The van der Waals surface area contributed by atoms with Crippen LogP contribution >= 0.6 is 0 Å². The van der Waals surface area contributed by atoms with Crippen LogP contribution in [0, 0.1) is 5.92 Å².